The molecule has 128 valence electrons. The number of halogens is 1. The van der Waals surface area contributed by atoms with Crippen LogP contribution >= 0.6 is 11.6 Å². The highest BCUT2D eigenvalue weighted by molar-refractivity contribution is 6.32. The molecule has 0 saturated carbocycles. The summed E-state index contributed by atoms with van der Waals surface area (Å²) < 4.78 is 10.3. The van der Waals surface area contributed by atoms with Gasteiger partial charge in [0.25, 0.3) is 5.91 Å². The zero-order chi connectivity index (χ0) is 17.4. The van der Waals surface area contributed by atoms with Crippen LogP contribution in [0.1, 0.15) is 44.5 Å². The summed E-state index contributed by atoms with van der Waals surface area (Å²) >= 11 is 6.10. The molecule has 0 saturated heterocycles. The summed E-state index contributed by atoms with van der Waals surface area (Å²) in [6.45, 7) is 8.00. The van der Waals surface area contributed by atoms with Gasteiger partial charge in [-0.2, -0.15) is 0 Å². The average Bonchev–Trinajstić information content (AvgIpc) is 2.48. The van der Waals surface area contributed by atoms with E-state index in [0.717, 1.165) is 6.42 Å². The normalized spacial score (nSPS) is 10.5. The number of nitrogens with zero attached hydrogens (tertiary/aromatic N) is 2. The van der Waals surface area contributed by atoms with Crippen LogP contribution in [0.2, 0.25) is 5.02 Å². The van der Waals surface area contributed by atoms with Crippen LogP contribution in [0.5, 0.6) is 5.88 Å². The van der Waals surface area contributed by atoms with E-state index in [1.165, 1.54) is 17.2 Å². The van der Waals surface area contributed by atoms with Crippen LogP contribution in [0, 0.1) is 0 Å². The van der Waals surface area contributed by atoms with E-state index in [4.69, 9.17) is 21.1 Å². The highest BCUT2D eigenvalue weighted by Crippen LogP contribution is 2.24. The van der Waals surface area contributed by atoms with Crippen LogP contribution < -0.4 is 4.74 Å². The van der Waals surface area contributed by atoms with Crippen molar-refractivity contribution >= 4 is 23.5 Å². The van der Waals surface area contributed by atoms with Gasteiger partial charge in [-0.3, -0.25) is 9.59 Å². The molecule has 1 aromatic rings. The number of hydrogen-bond donors (Lipinski definition) is 0. The molecule has 0 radical (unpaired) electrons. The Morgan fingerprint density at radius 2 is 2.04 bits per heavy atom. The Labute approximate surface area is 141 Å². The first kappa shape index (κ1) is 19.2. The lowest BCUT2D eigenvalue weighted by Crippen LogP contribution is -2.37. The number of pyridine rings is 1. The molecule has 0 aromatic carbocycles. The second kappa shape index (κ2) is 9.35. The number of carbonyl (C=O) groups is 2. The number of hydrogen-bond acceptors (Lipinski definition) is 5. The average molecular weight is 343 g/mol. The molecule has 0 aliphatic carbocycles. The van der Waals surface area contributed by atoms with Gasteiger partial charge in [0, 0.05) is 12.7 Å². The minimum atomic E-state index is -0.437. The van der Waals surface area contributed by atoms with E-state index in [2.05, 4.69) is 4.98 Å². The Morgan fingerprint density at radius 3 is 2.57 bits per heavy atom. The Bertz CT molecular complexity index is 549. The van der Waals surface area contributed by atoms with Crippen molar-refractivity contribution < 1.29 is 19.1 Å². The van der Waals surface area contributed by atoms with Crippen molar-refractivity contribution in [1.29, 1.82) is 0 Å². The fourth-order valence-electron chi connectivity index (χ4n) is 1.92. The SMILES string of the molecule is CCCN(CC(=O)OCC)C(=O)c1cnc(OC(C)C)c(Cl)c1. The van der Waals surface area contributed by atoms with Crippen LogP contribution in [0.15, 0.2) is 12.3 Å². The summed E-state index contributed by atoms with van der Waals surface area (Å²) in [4.78, 5) is 29.7. The molecule has 0 aliphatic rings. The van der Waals surface area contributed by atoms with E-state index in [0.29, 0.717) is 12.1 Å². The first-order valence-electron chi connectivity index (χ1n) is 7.66. The van der Waals surface area contributed by atoms with Gasteiger partial charge in [0.1, 0.15) is 11.6 Å². The molecule has 6 nitrogen and oxygen atoms in total. The van der Waals surface area contributed by atoms with Crippen molar-refractivity contribution in [2.75, 3.05) is 19.7 Å². The topological polar surface area (TPSA) is 68.7 Å². The molecule has 1 aromatic heterocycles. The van der Waals surface area contributed by atoms with Crippen LogP contribution in [0.3, 0.4) is 0 Å². The van der Waals surface area contributed by atoms with E-state index in [9.17, 15) is 9.59 Å². The third kappa shape index (κ3) is 6.06. The van der Waals surface area contributed by atoms with Crippen molar-refractivity contribution in [2.45, 2.75) is 40.2 Å². The summed E-state index contributed by atoms with van der Waals surface area (Å²) in [5, 5.41) is 0.261. The molecule has 1 amide bonds. The van der Waals surface area contributed by atoms with Gasteiger partial charge in [0.2, 0.25) is 5.88 Å². The molecule has 1 heterocycles. The van der Waals surface area contributed by atoms with Crippen molar-refractivity contribution in [2.24, 2.45) is 0 Å². The van der Waals surface area contributed by atoms with Crippen LogP contribution in [-0.4, -0.2) is 47.6 Å². The lowest BCUT2D eigenvalue weighted by molar-refractivity contribution is -0.143. The van der Waals surface area contributed by atoms with Gasteiger partial charge in [-0.25, -0.2) is 4.98 Å². The summed E-state index contributed by atoms with van der Waals surface area (Å²) in [5.74, 6) is -0.468. The number of carbonyl (C=O) groups excluding carboxylic acids is 2. The molecule has 0 atom stereocenters. The maximum atomic E-state index is 12.5. The Morgan fingerprint density at radius 1 is 1.35 bits per heavy atom. The summed E-state index contributed by atoms with van der Waals surface area (Å²) in [6, 6.07) is 1.50. The zero-order valence-corrected chi connectivity index (χ0v) is 14.7. The van der Waals surface area contributed by atoms with Gasteiger partial charge in [0.15, 0.2) is 0 Å². The van der Waals surface area contributed by atoms with E-state index >= 15 is 0 Å². The van der Waals surface area contributed by atoms with Crippen molar-refractivity contribution in [3.8, 4) is 5.88 Å². The quantitative estimate of drug-likeness (QED) is 0.679. The Hall–Kier alpha value is -1.82. The van der Waals surface area contributed by atoms with E-state index in [-0.39, 0.29) is 36.1 Å². The standard InChI is InChI=1S/C16H23ClN2O4/c1-5-7-19(10-14(20)22-6-2)16(21)12-8-13(17)15(18-9-12)23-11(3)4/h8-9,11H,5-7,10H2,1-4H3. The second-order valence-corrected chi connectivity index (χ2v) is 5.62. The lowest BCUT2D eigenvalue weighted by Gasteiger charge is -2.21. The van der Waals surface area contributed by atoms with Gasteiger partial charge in [0.05, 0.1) is 18.3 Å². The van der Waals surface area contributed by atoms with Crippen molar-refractivity contribution in [3.05, 3.63) is 22.8 Å². The molecule has 0 aliphatic heterocycles. The highest BCUT2D eigenvalue weighted by atomic mass is 35.5. The number of ether oxygens (including phenoxy) is 2. The third-order valence-electron chi connectivity index (χ3n) is 2.81. The fraction of sp³-hybridized carbons (Fsp3) is 0.562. The predicted octanol–water partition coefficient (Wildman–Crippen LogP) is 2.94. The van der Waals surface area contributed by atoms with E-state index in [1.807, 2.05) is 20.8 Å². The van der Waals surface area contributed by atoms with Crippen molar-refractivity contribution in [3.63, 3.8) is 0 Å². The number of rotatable bonds is 8. The molecule has 23 heavy (non-hydrogen) atoms. The third-order valence-corrected chi connectivity index (χ3v) is 3.08. The minimum absolute atomic E-state index is 0.0676. The largest absolute Gasteiger partial charge is 0.474 e. The summed E-state index contributed by atoms with van der Waals surface area (Å²) in [5.41, 5.74) is 0.309. The predicted molar refractivity (Wildman–Crippen MR) is 87.8 cm³/mol. The highest BCUT2D eigenvalue weighted by Gasteiger charge is 2.20. The first-order valence-corrected chi connectivity index (χ1v) is 8.03. The van der Waals surface area contributed by atoms with Crippen LogP contribution in [0.4, 0.5) is 0 Å². The number of amides is 1. The van der Waals surface area contributed by atoms with E-state index < -0.39 is 5.97 Å². The number of aromatic nitrogens is 1. The molecule has 0 fully saturated rings. The molecule has 1 rings (SSSR count). The smallest absolute Gasteiger partial charge is 0.325 e. The fourth-order valence-corrected chi connectivity index (χ4v) is 2.13. The van der Waals surface area contributed by atoms with Gasteiger partial charge in [-0.1, -0.05) is 18.5 Å². The molecule has 7 heteroatoms. The van der Waals surface area contributed by atoms with Crippen molar-refractivity contribution in [1.82, 2.24) is 9.88 Å². The lowest BCUT2D eigenvalue weighted by atomic mass is 10.2. The van der Waals surface area contributed by atoms with E-state index in [1.54, 1.807) is 6.92 Å². The molecule has 0 N–H and O–H groups in total. The van der Waals surface area contributed by atoms with Crippen LogP contribution in [0.25, 0.3) is 0 Å². The number of esters is 1. The maximum Gasteiger partial charge on any atom is 0.325 e. The van der Waals surface area contributed by atoms with Gasteiger partial charge < -0.3 is 14.4 Å². The Kier molecular flexibility index (Phi) is 7.81. The summed E-state index contributed by atoms with van der Waals surface area (Å²) in [6.07, 6.45) is 2.06. The van der Waals surface area contributed by atoms with Gasteiger partial charge >= 0.3 is 5.97 Å². The molecule has 0 unspecified atom stereocenters. The summed E-state index contributed by atoms with van der Waals surface area (Å²) in [7, 11) is 0. The minimum Gasteiger partial charge on any atom is -0.474 e. The second-order valence-electron chi connectivity index (χ2n) is 5.21. The van der Waals surface area contributed by atoms with Crippen LogP contribution in [-0.2, 0) is 9.53 Å². The Balaban J connectivity index is 2.91. The molecular formula is C16H23ClN2O4. The first-order chi connectivity index (χ1) is 10.9. The van der Waals surface area contributed by atoms with Gasteiger partial charge in [-0.15, -0.1) is 0 Å². The molecular weight excluding hydrogens is 320 g/mol. The molecule has 0 bridgehead atoms. The maximum absolute atomic E-state index is 12.5. The van der Waals surface area contributed by atoms with Gasteiger partial charge in [-0.05, 0) is 33.3 Å². The zero-order valence-electron chi connectivity index (χ0n) is 14.0. The molecule has 0 spiro atoms. The monoisotopic (exact) mass is 342 g/mol.